The first kappa shape index (κ1) is 24.9. The summed E-state index contributed by atoms with van der Waals surface area (Å²) in [6.07, 6.45) is 8.18. The van der Waals surface area contributed by atoms with Gasteiger partial charge in [0.15, 0.2) is 0 Å². The Bertz CT molecular complexity index is 1040. The van der Waals surface area contributed by atoms with Gasteiger partial charge in [-0.3, -0.25) is 9.79 Å². The summed E-state index contributed by atoms with van der Waals surface area (Å²) in [7, 11) is -3.53. The smallest absolute Gasteiger partial charge is 0.248 e. The highest BCUT2D eigenvalue weighted by molar-refractivity contribution is 7.89. The largest absolute Gasteiger partial charge is 0.348 e. The van der Waals surface area contributed by atoms with Crippen molar-refractivity contribution in [3.05, 3.63) is 41.6 Å². The van der Waals surface area contributed by atoms with Crippen molar-refractivity contribution in [1.82, 2.24) is 19.8 Å². The standard InChI is InChI=1S/C25H37N5O3S/c1-20(19-29-17-14-26-21(29)2)24(31)27-18-22-6-8-23(9-7-22)34(32,33)30-15-5-11-25(12-16-30)10-3-4-13-28-25/h6-9,19,28H,3-5,10-18H2,1-2H3,(H,27,31)/b20-19+. The lowest BCUT2D eigenvalue weighted by Gasteiger charge is -2.38. The highest BCUT2D eigenvalue weighted by Gasteiger charge is 2.36. The highest BCUT2D eigenvalue weighted by Crippen LogP contribution is 2.32. The predicted molar refractivity (Wildman–Crippen MR) is 134 cm³/mol. The van der Waals surface area contributed by atoms with Crippen LogP contribution in [-0.4, -0.2) is 67.6 Å². The lowest BCUT2D eigenvalue weighted by Crippen LogP contribution is -2.49. The van der Waals surface area contributed by atoms with Crippen molar-refractivity contribution in [2.24, 2.45) is 4.99 Å². The van der Waals surface area contributed by atoms with E-state index in [0.717, 1.165) is 56.7 Å². The molecular weight excluding hydrogens is 450 g/mol. The summed E-state index contributed by atoms with van der Waals surface area (Å²) < 4.78 is 28.2. The van der Waals surface area contributed by atoms with Crippen LogP contribution in [0.3, 0.4) is 0 Å². The van der Waals surface area contributed by atoms with E-state index in [1.807, 2.05) is 18.0 Å². The Morgan fingerprint density at radius 3 is 2.56 bits per heavy atom. The van der Waals surface area contributed by atoms with E-state index in [1.54, 1.807) is 35.5 Å². The number of rotatable bonds is 6. The third-order valence-electron chi connectivity index (χ3n) is 7.30. The molecule has 0 aromatic heterocycles. The van der Waals surface area contributed by atoms with Gasteiger partial charge in [-0.1, -0.05) is 18.6 Å². The van der Waals surface area contributed by atoms with E-state index in [0.29, 0.717) is 30.1 Å². The number of sulfonamides is 1. The number of hydrogen-bond acceptors (Lipinski definition) is 6. The van der Waals surface area contributed by atoms with Crippen molar-refractivity contribution in [3.8, 4) is 0 Å². The Labute approximate surface area is 203 Å². The van der Waals surface area contributed by atoms with Crippen LogP contribution in [-0.2, 0) is 21.4 Å². The number of nitrogens with one attached hydrogen (secondary N) is 2. The SMILES string of the molecule is CC1=NCCN1/C=C(\C)C(=O)NCc1ccc(S(=O)(=O)N2CCCC3(CCCCN3)CC2)cc1. The summed E-state index contributed by atoms with van der Waals surface area (Å²) in [5.41, 5.74) is 1.58. The Morgan fingerprint density at radius 2 is 1.88 bits per heavy atom. The molecule has 2 N–H and O–H groups in total. The van der Waals surface area contributed by atoms with Gasteiger partial charge in [-0.05, 0) is 70.2 Å². The van der Waals surface area contributed by atoms with Gasteiger partial charge >= 0.3 is 0 Å². The van der Waals surface area contributed by atoms with Gasteiger partial charge in [0, 0.05) is 43.5 Å². The van der Waals surface area contributed by atoms with E-state index in [2.05, 4.69) is 15.6 Å². The Kier molecular flexibility index (Phi) is 7.74. The molecule has 0 aliphatic carbocycles. The van der Waals surface area contributed by atoms with Gasteiger partial charge in [0.2, 0.25) is 15.9 Å². The quantitative estimate of drug-likeness (QED) is 0.602. The number of amidine groups is 1. The van der Waals surface area contributed by atoms with Crippen molar-refractivity contribution in [1.29, 1.82) is 0 Å². The van der Waals surface area contributed by atoms with Gasteiger partial charge in [-0.15, -0.1) is 0 Å². The second-order valence-electron chi connectivity index (χ2n) is 9.68. The lowest BCUT2D eigenvalue weighted by molar-refractivity contribution is -0.117. The molecule has 186 valence electrons. The van der Waals surface area contributed by atoms with Gasteiger partial charge in [0.1, 0.15) is 0 Å². The topological polar surface area (TPSA) is 94.1 Å². The number of nitrogens with zero attached hydrogens (tertiary/aromatic N) is 3. The Hall–Kier alpha value is -2.23. The van der Waals surface area contributed by atoms with Crippen molar-refractivity contribution >= 4 is 21.8 Å². The van der Waals surface area contributed by atoms with E-state index in [1.165, 1.54) is 12.8 Å². The molecule has 4 rings (SSSR count). The third kappa shape index (κ3) is 5.70. The van der Waals surface area contributed by atoms with E-state index >= 15 is 0 Å². The number of aliphatic imine (C=N–C) groups is 1. The van der Waals surface area contributed by atoms with E-state index in [-0.39, 0.29) is 11.4 Å². The van der Waals surface area contributed by atoms with Gasteiger partial charge in [-0.25, -0.2) is 8.42 Å². The number of carbonyl (C=O) groups excluding carboxylic acids is 1. The molecule has 1 aromatic rings. The van der Waals surface area contributed by atoms with Crippen molar-refractivity contribution in [2.45, 2.75) is 69.4 Å². The zero-order valence-corrected chi connectivity index (χ0v) is 21.2. The molecule has 34 heavy (non-hydrogen) atoms. The maximum absolute atomic E-state index is 13.3. The first-order valence-corrected chi connectivity index (χ1v) is 13.8. The van der Waals surface area contributed by atoms with E-state index in [4.69, 9.17) is 0 Å². The minimum absolute atomic E-state index is 0.109. The second kappa shape index (κ2) is 10.6. The molecule has 0 saturated carbocycles. The average molecular weight is 488 g/mol. The molecule has 1 spiro atoms. The summed E-state index contributed by atoms with van der Waals surface area (Å²) in [6.45, 7) is 7.76. The number of amides is 1. The van der Waals surface area contributed by atoms with Crippen LogP contribution in [0.15, 0.2) is 45.9 Å². The minimum Gasteiger partial charge on any atom is -0.348 e. The van der Waals surface area contributed by atoms with E-state index in [9.17, 15) is 13.2 Å². The molecule has 1 atom stereocenters. The molecule has 1 unspecified atom stereocenters. The van der Waals surface area contributed by atoms with Gasteiger partial charge in [-0.2, -0.15) is 4.31 Å². The Balaban J connectivity index is 1.34. The Morgan fingerprint density at radius 1 is 1.12 bits per heavy atom. The van der Waals surface area contributed by atoms with Gasteiger partial charge in [0.25, 0.3) is 0 Å². The zero-order valence-electron chi connectivity index (χ0n) is 20.3. The summed E-state index contributed by atoms with van der Waals surface area (Å²) in [4.78, 5) is 19.1. The first-order valence-electron chi connectivity index (χ1n) is 12.4. The van der Waals surface area contributed by atoms with Crippen molar-refractivity contribution < 1.29 is 13.2 Å². The molecule has 2 saturated heterocycles. The predicted octanol–water partition coefficient (Wildman–Crippen LogP) is 2.63. The molecule has 3 aliphatic heterocycles. The lowest BCUT2D eigenvalue weighted by atomic mass is 9.83. The van der Waals surface area contributed by atoms with Crippen LogP contribution in [0.25, 0.3) is 0 Å². The van der Waals surface area contributed by atoms with Crippen LogP contribution >= 0.6 is 0 Å². The molecule has 1 aromatic carbocycles. The van der Waals surface area contributed by atoms with Crippen molar-refractivity contribution in [3.63, 3.8) is 0 Å². The summed E-state index contributed by atoms with van der Waals surface area (Å²) in [5, 5.41) is 6.59. The van der Waals surface area contributed by atoms with E-state index < -0.39 is 10.0 Å². The second-order valence-corrected chi connectivity index (χ2v) is 11.6. The van der Waals surface area contributed by atoms with Gasteiger partial charge < -0.3 is 15.5 Å². The number of carbonyl (C=O) groups is 1. The summed E-state index contributed by atoms with van der Waals surface area (Å²) in [5.74, 6) is 0.768. The number of benzene rings is 1. The fourth-order valence-corrected chi connectivity index (χ4v) is 6.62. The van der Waals surface area contributed by atoms with Gasteiger partial charge in [0.05, 0.1) is 17.3 Å². The fraction of sp³-hybridized carbons (Fsp3) is 0.600. The molecule has 0 bridgehead atoms. The molecule has 3 aliphatic rings. The van der Waals surface area contributed by atoms with Crippen LogP contribution in [0.1, 0.15) is 57.9 Å². The molecule has 1 amide bonds. The van der Waals surface area contributed by atoms with Crippen LogP contribution in [0.5, 0.6) is 0 Å². The highest BCUT2D eigenvalue weighted by atomic mass is 32.2. The monoisotopic (exact) mass is 487 g/mol. The third-order valence-corrected chi connectivity index (χ3v) is 9.22. The van der Waals surface area contributed by atoms with Crippen LogP contribution in [0.4, 0.5) is 0 Å². The van der Waals surface area contributed by atoms with Crippen LogP contribution < -0.4 is 10.6 Å². The molecular formula is C25H37N5O3S. The maximum atomic E-state index is 13.3. The molecule has 3 heterocycles. The first-order chi connectivity index (χ1) is 16.3. The zero-order chi connectivity index (χ0) is 24.2. The van der Waals surface area contributed by atoms with Crippen molar-refractivity contribution in [2.75, 3.05) is 32.7 Å². The number of hydrogen-bond donors (Lipinski definition) is 2. The maximum Gasteiger partial charge on any atom is 0.248 e. The molecule has 8 nitrogen and oxygen atoms in total. The normalized spacial score (nSPS) is 24.7. The summed E-state index contributed by atoms with van der Waals surface area (Å²) >= 11 is 0. The number of piperidine rings is 1. The van der Waals surface area contributed by atoms with Crippen LogP contribution in [0.2, 0.25) is 0 Å². The average Bonchev–Trinajstić information content (AvgIpc) is 3.12. The molecule has 9 heteroatoms. The molecule has 2 fully saturated rings. The molecule has 0 radical (unpaired) electrons. The minimum atomic E-state index is -3.53. The summed E-state index contributed by atoms with van der Waals surface area (Å²) in [6, 6.07) is 6.88. The van der Waals surface area contributed by atoms with Crippen LogP contribution in [0, 0.1) is 0 Å². The fourth-order valence-electron chi connectivity index (χ4n) is 5.14.